The van der Waals surface area contributed by atoms with Crippen molar-refractivity contribution < 1.29 is 19.0 Å². The van der Waals surface area contributed by atoms with Crippen LogP contribution in [-0.2, 0) is 11.2 Å². The number of methoxy groups -OCH3 is 1. The van der Waals surface area contributed by atoms with Gasteiger partial charge in [0.05, 0.1) is 13.2 Å². The number of carbonyl (C=O) groups excluding carboxylic acids is 1. The molecule has 1 fully saturated rings. The van der Waals surface area contributed by atoms with Crippen LogP contribution in [0, 0.1) is 5.82 Å². The minimum Gasteiger partial charge on any atom is -0.494 e. The summed E-state index contributed by atoms with van der Waals surface area (Å²) in [5.41, 5.74) is 0.786. The number of ether oxygens (including phenoxy) is 1. The number of aryl methyl sites for hydroxylation is 1. The van der Waals surface area contributed by atoms with E-state index in [0.29, 0.717) is 38.8 Å². The van der Waals surface area contributed by atoms with Gasteiger partial charge in [0, 0.05) is 19.5 Å². The van der Waals surface area contributed by atoms with Gasteiger partial charge in [0.25, 0.3) is 0 Å². The Balaban J connectivity index is 1.85. The van der Waals surface area contributed by atoms with Crippen molar-refractivity contribution in [3.05, 3.63) is 29.6 Å². The van der Waals surface area contributed by atoms with E-state index < -0.39 is 5.82 Å². The number of rotatable bonds is 4. The molecule has 0 aromatic heterocycles. The number of aliphatic hydroxyl groups is 1. The molecular formula is C15H20FNO3. The predicted molar refractivity (Wildman–Crippen MR) is 73.1 cm³/mol. The molecule has 1 heterocycles. The number of piperidine rings is 1. The number of aliphatic hydroxyl groups excluding tert-OH is 1. The van der Waals surface area contributed by atoms with Crippen LogP contribution in [0.4, 0.5) is 4.39 Å². The van der Waals surface area contributed by atoms with Gasteiger partial charge in [0.1, 0.15) is 0 Å². The second-order valence-electron chi connectivity index (χ2n) is 5.08. The molecule has 1 N–H and O–H groups in total. The van der Waals surface area contributed by atoms with Gasteiger partial charge < -0.3 is 14.7 Å². The second-order valence-corrected chi connectivity index (χ2v) is 5.08. The Labute approximate surface area is 118 Å². The standard InChI is InChI=1S/C15H20FNO3/c1-20-14-4-2-11(10-13(14)16)3-5-15(19)17-8-6-12(18)7-9-17/h2,4,10,12,18H,3,5-9H2,1H3. The van der Waals surface area contributed by atoms with Crippen molar-refractivity contribution in [2.75, 3.05) is 20.2 Å². The molecule has 20 heavy (non-hydrogen) atoms. The van der Waals surface area contributed by atoms with E-state index in [1.54, 1.807) is 17.0 Å². The molecule has 0 unspecified atom stereocenters. The van der Waals surface area contributed by atoms with Crippen LogP contribution in [0.15, 0.2) is 18.2 Å². The van der Waals surface area contributed by atoms with E-state index in [4.69, 9.17) is 4.74 Å². The Morgan fingerprint density at radius 1 is 1.45 bits per heavy atom. The first-order valence-electron chi connectivity index (χ1n) is 6.88. The van der Waals surface area contributed by atoms with Crippen molar-refractivity contribution in [1.29, 1.82) is 0 Å². The first-order chi connectivity index (χ1) is 9.60. The molecule has 1 aliphatic rings. The molecule has 0 atom stereocenters. The molecule has 1 amide bonds. The number of carbonyl (C=O) groups is 1. The normalized spacial score (nSPS) is 16.2. The highest BCUT2D eigenvalue weighted by Crippen LogP contribution is 2.19. The molecule has 0 spiro atoms. The number of hydrogen-bond donors (Lipinski definition) is 1. The number of amides is 1. The predicted octanol–water partition coefficient (Wildman–Crippen LogP) is 1.75. The maximum atomic E-state index is 13.5. The lowest BCUT2D eigenvalue weighted by Gasteiger charge is -2.29. The molecule has 2 rings (SSSR count). The van der Waals surface area contributed by atoms with Gasteiger partial charge in [0.15, 0.2) is 11.6 Å². The van der Waals surface area contributed by atoms with E-state index in [1.807, 2.05) is 0 Å². The average Bonchev–Trinajstić information content (AvgIpc) is 2.45. The Kier molecular flexibility index (Phi) is 4.95. The zero-order valence-electron chi connectivity index (χ0n) is 11.6. The Morgan fingerprint density at radius 2 is 2.15 bits per heavy atom. The maximum absolute atomic E-state index is 13.5. The topological polar surface area (TPSA) is 49.8 Å². The van der Waals surface area contributed by atoms with Crippen LogP contribution in [0.5, 0.6) is 5.75 Å². The van der Waals surface area contributed by atoms with Gasteiger partial charge in [-0.25, -0.2) is 4.39 Å². The van der Waals surface area contributed by atoms with Crippen LogP contribution in [0.1, 0.15) is 24.8 Å². The molecule has 1 aromatic carbocycles. The summed E-state index contributed by atoms with van der Waals surface area (Å²) >= 11 is 0. The summed E-state index contributed by atoms with van der Waals surface area (Å²) in [5.74, 6) is -0.128. The quantitative estimate of drug-likeness (QED) is 0.914. The molecule has 1 saturated heterocycles. The minimum absolute atomic E-state index is 0.0631. The van der Waals surface area contributed by atoms with E-state index in [1.165, 1.54) is 13.2 Å². The molecule has 1 aliphatic heterocycles. The van der Waals surface area contributed by atoms with Gasteiger partial charge in [-0.1, -0.05) is 6.07 Å². The van der Waals surface area contributed by atoms with Gasteiger partial charge >= 0.3 is 0 Å². The monoisotopic (exact) mass is 281 g/mol. The summed E-state index contributed by atoms with van der Waals surface area (Å²) in [6.45, 7) is 1.22. The van der Waals surface area contributed by atoms with Crippen LogP contribution >= 0.6 is 0 Å². The van der Waals surface area contributed by atoms with Crippen molar-refractivity contribution in [2.24, 2.45) is 0 Å². The Morgan fingerprint density at radius 3 is 2.75 bits per heavy atom. The summed E-state index contributed by atoms with van der Waals surface area (Å²) in [4.78, 5) is 13.8. The molecule has 4 nitrogen and oxygen atoms in total. The average molecular weight is 281 g/mol. The summed E-state index contributed by atoms with van der Waals surface area (Å²) < 4.78 is 18.4. The van der Waals surface area contributed by atoms with Crippen LogP contribution in [0.25, 0.3) is 0 Å². The Bertz CT molecular complexity index is 470. The van der Waals surface area contributed by atoms with Gasteiger partial charge in [-0.2, -0.15) is 0 Å². The highest BCUT2D eigenvalue weighted by Gasteiger charge is 2.20. The molecular weight excluding hydrogens is 261 g/mol. The van der Waals surface area contributed by atoms with E-state index in [0.717, 1.165) is 5.56 Å². The van der Waals surface area contributed by atoms with Crippen molar-refractivity contribution in [3.63, 3.8) is 0 Å². The van der Waals surface area contributed by atoms with Crippen molar-refractivity contribution >= 4 is 5.91 Å². The summed E-state index contributed by atoms with van der Waals surface area (Å²) in [7, 11) is 1.42. The third-order valence-corrected chi connectivity index (χ3v) is 3.66. The summed E-state index contributed by atoms with van der Waals surface area (Å²) in [5, 5.41) is 9.41. The van der Waals surface area contributed by atoms with Gasteiger partial charge in [-0.3, -0.25) is 4.79 Å². The first kappa shape index (κ1) is 14.8. The maximum Gasteiger partial charge on any atom is 0.222 e. The molecule has 0 saturated carbocycles. The lowest BCUT2D eigenvalue weighted by atomic mass is 10.1. The third-order valence-electron chi connectivity index (χ3n) is 3.66. The smallest absolute Gasteiger partial charge is 0.222 e. The van der Waals surface area contributed by atoms with Crippen LogP contribution < -0.4 is 4.74 Å². The van der Waals surface area contributed by atoms with E-state index >= 15 is 0 Å². The molecule has 0 aliphatic carbocycles. The van der Waals surface area contributed by atoms with Crippen molar-refractivity contribution in [1.82, 2.24) is 4.90 Å². The lowest BCUT2D eigenvalue weighted by molar-refractivity contribution is -0.133. The van der Waals surface area contributed by atoms with Crippen LogP contribution in [0.3, 0.4) is 0 Å². The van der Waals surface area contributed by atoms with Gasteiger partial charge in [-0.15, -0.1) is 0 Å². The van der Waals surface area contributed by atoms with Gasteiger partial charge in [0.2, 0.25) is 5.91 Å². The second kappa shape index (κ2) is 6.70. The first-order valence-corrected chi connectivity index (χ1v) is 6.88. The van der Waals surface area contributed by atoms with E-state index in [9.17, 15) is 14.3 Å². The van der Waals surface area contributed by atoms with Crippen LogP contribution in [0.2, 0.25) is 0 Å². The lowest BCUT2D eigenvalue weighted by Crippen LogP contribution is -2.40. The number of benzene rings is 1. The van der Waals surface area contributed by atoms with Gasteiger partial charge in [-0.05, 0) is 37.0 Å². The molecule has 0 bridgehead atoms. The number of likely N-dealkylation sites (tertiary alicyclic amines) is 1. The highest BCUT2D eigenvalue weighted by molar-refractivity contribution is 5.76. The number of halogens is 1. The molecule has 5 heteroatoms. The van der Waals surface area contributed by atoms with E-state index in [2.05, 4.69) is 0 Å². The number of nitrogens with zero attached hydrogens (tertiary/aromatic N) is 1. The fourth-order valence-corrected chi connectivity index (χ4v) is 2.39. The van der Waals surface area contributed by atoms with Crippen LogP contribution in [-0.4, -0.2) is 42.2 Å². The zero-order chi connectivity index (χ0) is 14.5. The minimum atomic E-state index is -0.404. The largest absolute Gasteiger partial charge is 0.494 e. The zero-order valence-corrected chi connectivity index (χ0v) is 11.6. The summed E-state index contributed by atoms with van der Waals surface area (Å²) in [6, 6.07) is 4.76. The van der Waals surface area contributed by atoms with Crippen molar-refractivity contribution in [2.45, 2.75) is 31.8 Å². The SMILES string of the molecule is COc1ccc(CCC(=O)N2CCC(O)CC2)cc1F. The number of hydrogen-bond acceptors (Lipinski definition) is 3. The molecule has 1 aromatic rings. The highest BCUT2D eigenvalue weighted by atomic mass is 19.1. The summed E-state index contributed by atoms with van der Waals surface area (Å²) in [6.07, 6.45) is 1.88. The van der Waals surface area contributed by atoms with E-state index in [-0.39, 0.29) is 17.8 Å². The van der Waals surface area contributed by atoms with Crippen molar-refractivity contribution in [3.8, 4) is 5.75 Å². The molecule has 0 radical (unpaired) electrons. The fourth-order valence-electron chi connectivity index (χ4n) is 2.39. The fraction of sp³-hybridized carbons (Fsp3) is 0.533. The molecule has 110 valence electrons. The Hall–Kier alpha value is -1.62. The third kappa shape index (κ3) is 3.70.